The molecule has 0 aliphatic carbocycles. The standard InChI is InChI=1S/C19H28N4O9S/c1-9(24)32-7-10-8-33-17-14(16(27)23(17)15(10)19(30)31)22-12(25)5-3-2-4-11(18(28)29)21-13(26)6-20/h10-11,14-15,17H,2-8,20H2,1H3,(H,21,26)(H,22,25)(H,28,29)(H,30,31)/p-1/t10-,11-,14-,15-,17+/m1/s1. The number of fused-ring (bicyclic) bond motifs is 1. The van der Waals surface area contributed by atoms with E-state index in [1.54, 1.807) is 0 Å². The van der Waals surface area contributed by atoms with Crippen molar-refractivity contribution in [3.63, 3.8) is 0 Å². The predicted octanol–water partition coefficient (Wildman–Crippen LogP) is -5.28. The first kappa shape index (κ1) is 26.4. The number of quaternary nitrogens is 1. The van der Waals surface area contributed by atoms with Crippen molar-refractivity contribution in [1.82, 2.24) is 15.5 Å². The molecule has 0 spiro atoms. The van der Waals surface area contributed by atoms with E-state index >= 15 is 0 Å². The zero-order valence-electron chi connectivity index (χ0n) is 18.1. The smallest absolute Gasteiger partial charge is 0.302 e. The van der Waals surface area contributed by atoms with E-state index in [1.807, 2.05) is 0 Å². The number of carbonyl (C=O) groups excluding carboxylic acids is 6. The Labute approximate surface area is 193 Å². The average molecular weight is 488 g/mol. The predicted molar refractivity (Wildman–Crippen MR) is 107 cm³/mol. The lowest BCUT2D eigenvalue weighted by molar-refractivity contribution is -0.355. The number of ether oxygens (including phenoxy) is 1. The third-order valence-corrected chi connectivity index (χ3v) is 6.82. The maximum atomic E-state index is 12.5. The summed E-state index contributed by atoms with van der Waals surface area (Å²) < 4.78 is 4.89. The Balaban J connectivity index is 1.82. The fourth-order valence-electron chi connectivity index (χ4n) is 3.70. The molecule has 13 nitrogen and oxygen atoms in total. The van der Waals surface area contributed by atoms with Crippen molar-refractivity contribution in [3.05, 3.63) is 0 Å². The van der Waals surface area contributed by atoms with E-state index in [2.05, 4.69) is 16.4 Å². The highest BCUT2D eigenvalue weighted by Gasteiger charge is 2.56. The first-order valence-corrected chi connectivity index (χ1v) is 11.5. The number of esters is 1. The number of nitrogens with one attached hydrogen (secondary N) is 2. The van der Waals surface area contributed by atoms with Crippen molar-refractivity contribution in [1.29, 1.82) is 0 Å². The van der Waals surface area contributed by atoms with Crippen LogP contribution in [-0.2, 0) is 33.5 Å². The number of nitrogens with zero attached hydrogens (tertiary/aromatic N) is 1. The summed E-state index contributed by atoms with van der Waals surface area (Å²) in [5.74, 6) is -5.28. The lowest BCUT2D eigenvalue weighted by Crippen LogP contribution is -2.77. The highest BCUT2D eigenvalue weighted by molar-refractivity contribution is 8.00. The van der Waals surface area contributed by atoms with Gasteiger partial charge in [0.2, 0.25) is 11.8 Å². The van der Waals surface area contributed by atoms with Crippen molar-refractivity contribution in [2.75, 3.05) is 18.9 Å². The van der Waals surface area contributed by atoms with Gasteiger partial charge in [0.1, 0.15) is 11.4 Å². The maximum absolute atomic E-state index is 12.5. The normalized spacial score (nSPS) is 24.7. The van der Waals surface area contributed by atoms with Crippen LogP contribution in [0.1, 0.15) is 32.6 Å². The molecule has 5 N–H and O–H groups in total. The molecule has 2 aliphatic rings. The maximum Gasteiger partial charge on any atom is 0.302 e. The number of aliphatic carboxylic acids is 2. The minimum atomic E-state index is -1.45. The van der Waals surface area contributed by atoms with Gasteiger partial charge < -0.3 is 45.8 Å². The zero-order chi connectivity index (χ0) is 24.7. The van der Waals surface area contributed by atoms with Crippen LogP contribution in [0.4, 0.5) is 0 Å². The van der Waals surface area contributed by atoms with E-state index < -0.39 is 65.0 Å². The summed E-state index contributed by atoms with van der Waals surface area (Å²) in [6.45, 7) is 0.933. The average Bonchev–Trinajstić information content (AvgIpc) is 2.76. The third kappa shape index (κ3) is 6.81. The fourth-order valence-corrected chi connectivity index (χ4v) is 5.19. The van der Waals surface area contributed by atoms with Gasteiger partial charge >= 0.3 is 5.97 Å². The second-order valence-corrected chi connectivity index (χ2v) is 8.93. The largest absolute Gasteiger partial charge is 0.548 e. The van der Waals surface area contributed by atoms with Crippen LogP contribution in [-0.4, -0.2) is 82.9 Å². The molecule has 0 aromatic carbocycles. The second-order valence-electron chi connectivity index (χ2n) is 7.78. The molecule has 184 valence electrons. The number of rotatable bonds is 12. The van der Waals surface area contributed by atoms with Gasteiger partial charge in [-0.1, -0.05) is 6.42 Å². The van der Waals surface area contributed by atoms with Gasteiger partial charge in [0.25, 0.3) is 5.91 Å². The number of unbranched alkanes of at least 4 members (excludes halogenated alkanes) is 1. The molecule has 2 aliphatic heterocycles. The molecule has 2 fully saturated rings. The van der Waals surface area contributed by atoms with Crippen molar-refractivity contribution < 1.29 is 49.5 Å². The van der Waals surface area contributed by atoms with Crippen molar-refractivity contribution in [2.24, 2.45) is 5.92 Å². The van der Waals surface area contributed by atoms with Gasteiger partial charge in [-0.25, -0.2) is 0 Å². The molecule has 0 aromatic heterocycles. The van der Waals surface area contributed by atoms with Crippen LogP contribution in [0.25, 0.3) is 0 Å². The van der Waals surface area contributed by atoms with Gasteiger partial charge in [0.15, 0.2) is 6.54 Å². The Morgan fingerprint density at radius 3 is 2.48 bits per heavy atom. The SMILES string of the molecule is CC(=O)OC[C@@H]1CS[C@H]2[C@H](NC(=O)CCCC[C@@H](NC(=O)C[NH3+])C(=O)[O-])C(=O)N2[C@H]1C(=O)[O-]. The summed E-state index contributed by atoms with van der Waals surface area (Å²) in [4.78, 5) is 70.9. The molecule has 2 rings (SSSR count). The minimum Gasteiger partial charge on any atom is -0.548 e. The van der Waals surface area contributed by atoms with Crippen molar-refractivity contribution >= 4 is 47.4 Å². The first-order valence-electron chi connectivity index (χ1n) is 10.4. The van der Waals surface area contributed by atoms with Crippen LogP contribution in [0.5, 0.6) is 0 Å². The summed E-state index contributed by atoms with van der Waals surface area (Å²) in [5, 5.41) is 27.0. The molecule has 0 bridgehead atoms. The number of carboxylic acid groups (broad SMARTS) is 2. The van der Waals surface area contributed by atoms with E-state index in [9.17, 15) is 39.0 Å². The molecular formula is C19H27N4O9S-. The monoisotopic (exact) mass is 487 g/mol. The topological polar surface area (TPSA) is 213 Å². The van der Waals surface area contributed by atoms with Crippen LogP contribution in [0.2, 0.25) is 0 Å². The molecular weight excluding hydrogens is 460 g/mol. The summed E-state index contributed by atoms with van der Waals surface area (Å²) >= 11 is 1.28. The number of hydrogen-bond acceptors (Lipinski definition) is 10. The highest BCUT2D eigenvalue weighted by atomic mass is 32.2. The second kappa shape index (κ2) is 11.8. The fraction of sp³-hybridized carbons (Fsp3) is 0.684. The van der Waals surface area contributed by atoms with Gasteiger partial charge in [0.05, 0.1) is 30.6 Å². The molecule has 2 heterocycles. The van der Waals surface area contributed by atoms with E-state index in [0.29, 0.717) is 18.6 Å². The van der Waals surface area contributed by atoms with Crippen LogP contribution < -0.4 is 26.6 Å². The van der Waals surface area contributed by atoms with Gasteiger partial charge in [-0.05, 0) is 12.8 Å². The third-order valence-electron chi connectivity index (χ3n) is 5.36. The molecule has 0 saturated carbocycles. The first-order chi connectivity index (χ1) is 15.6. The van der Waals surface area contributed by atoms with Crippen LogP contribution in [0, 0.1) is 5.92 Å². The van der Waals surface area contributed by atoms with Crippen LogP contribution in [0.15, 0.2) is 0 Å². The molecule has 3 amide bonds. The summed E-state index contributed by atoms with van der Waals surface area (Å²) in [6, 6.07) is -3.32. The highest BCUT2D eigenvalue weighted by Crippen LogP contribution is 2.40. The van der Waals surface area contributed by atoms with Crippen molar-refractivity contribution in [2.45, 2.75) is 56.1 Å². The summed E-state index contributed by atoms with van der Waals surface area (Å²) in [5.41, 5.74) is 3.36. The molecule has 0 unspecified atom stereocenters. The van der Waals surface area contributed by atoms with Gasteiger partial charge in [-0.15, -0.1) is 11.8 Å². The van der Waals surface area contributed by atoms with Crippen LogP contribution in [0.3, 0.4) is 0 Å². The van der Waals surface area contributed by atoms with Crippen molar-refractivity contribution in [3.8, 4) is 0 Å². The van der Waals surface area contributed by atoms with Gasteiger partial charge in [-0.2, -0.15) is 0 Å². The quantitative estimate of drug-likeness (QED) is 0.135. The Kier molecular flexibility index (Phi) is 9.46. The van der Waals surface area contributed by atoms with Gasteiger partial charge in [-0.3, -0.25) is 19.2 Å². The lowest BCUT2D eigenvalue weighted by Gasteiger charge is -2.55. The van der Waals surface area contributed by atoms with E-state index in [4.69, 9.17) is 4.74 Å². The summed E-state index contributed by atoms with van der Waals surface area (Å²) in [7, 11) is 0. The lowest BCUT2D eigenvalue weighted by atomic mass is 9.94. The summed E-state index contributed by atoms with van der Waals surface area (Å²) in [6.07, 6.45) is 0.720. The van der Waals surface area contributed by atoms with Gasteiger partial charge in [0, 0.05) is 25.0 Å². The molecule has 33 heavy (non-hydrogen) atoms. The number of thioether (sulfide) groups is 1. The molecule has 0 radical (unpaired) electrons. The Bertz CT molecular complexity index is 808. The molecule has 14 heteroatoms. The molecule has 5 atom stereocenters. The Hall–Kier alpha value is -2.87. The Morgan fingerprint density at radius 2 is 1.91 bits per heavy atom. The van der Waals surface area contributed by atoms with E-state index in [1.165, 1.54) is 18.7 Å². The number of β-lactam (4-membered cyclic amide) rings is 1. The minimum absolute atomic E-state index is 0.0171. The zero-order valence-corrected chi connectivity index (χ0v) is 18.9. The van der Waals surface area contributed by atoms with E-state index in [0.717, 1.165) is 4.90 Å². The Morgan fingerprint density at radius 1 is 1.21 bits per heavy atom. The number of hydrogen-bond donors (Lipinski definition) is 3. The number of amides is 3. The number of carboxylic acids is 2. The molecule has 0 aromatic rings. The molecule has 2 saturated heterocycles. The van der Waals surface area contributed by atoms with E-state index in [-0.39, 0.29) is 26.0 Å². The number of carbonyl (C=O) groups is 6. The van der Waals surface area contributed by atoms with Crippen LogP contribution >= 0.6 is 11.8 Å².